The lowest BCUT2D eigenvalue weighted by Gasteiger charge is -2.13. The van der Waals surface area contributed by atoms with Crippen LogP contribution in [-0.4, -0.2) is 25.2 Å². The molecule has 5 heteroatoms. The fraction of sp³-hybridized carbons (Fsp3) is 0.400. The molecule has 0 spiro atoms. The highest BCUT2D eigenvalue weighted by Gasteiger charge is 2.03. The van der Waals surface area contributed by atoms with Gasteiger partial charge in [-0.2, -0.15) is 0 Å². The van der Waals surface area contributed by atoms with Crippen molar-refractivity contribution in [3.8, 4) is 5.75 Å². The fourth-order valence-electron chi connectivity index (χ4n) is 1.41. The third kappa shape index (κ3) is 8.04. The first kappa shape index (κ1) is 18.8. The van der Waals surface area contributed by atoms with Gasteiger partial charge in [-0.3, -0.25) is 0 Å². The zero-order valence-electron chi connectivity index (χ0n) is 12.3. The molecule has 0 bridgehead atoms. The largest absolute Gasteiger partial charge is 0.489 e. The van der Waals surface area contributed by atoms with Crippen molar-refractivity contribution in [3.63, 3.8) is 0 Å². The summed E-state index contributed by atoms with van der Waals surface area (Å²) < 4.78 is 5.74. The molecule has 0 fully saturated rings. The monoisotopic (exact) mass is 389 g/mol. The average Bonchev–Trinajstić information content (AvgIpc) is 2.36. The number of rotatable bonds is 6. The number of nitrogens with two attached hydrogens (primary N) is 1. The van der Waals surface area contributed by atoms with Crippen LogP contribution in [0.25, 0.3) is 0 Å². The first-order valence-corrected chi connectivity index (χ1v) is 6.39. The van der Waals surface area contributed by atoms with Crippen molar-refractivity contribution < 1.29 is 4.74 Å². The minimum Gasteiger partial charge on any atom is -0.489 e. The smallest absolute Gasteiger partial charge is 0.188 e. The van der Waals surface area contributed by atoms with Crippen LogP contribution in [0.5, 0.6) is 5.75 Å². The van der Waals surface area contributed by atoms with E-state index in [4.69, 9.17) is 10.5 Å². The zero-order valence-corrected chi connectivity index (χ0v) is 14.7. The second-order valence-electron chi connectivity index (χ2n) is 4.78. The van der Waals surface area contributed by atoms with E-state index in [1.807, 2.05) is 45.0 Å². The van der Waals surface area contributed by atoms with Crippen molar-refractivity contribution in [2.24, 2.45) is 10.7 Å². The molecule has 0 aliphatic heterocycles. The Bertz CT molecular complexity index is 443. The second-order valence-corrected chi connectivity index (χ2v) is 4.78. The van der Waals surface area contributed by atoms with Gasteiger partial charge in [0, 0.05) is 6.54 Å². The molecule has 0 aliphatic rings. The first-order chi connectivity index (χ1) is 8.97. The van der Waals surface area contributed by atoms with Gasteiger partial charge in [-0.1, -0.05) is 29.8 Å². The van der Waals surface area contributed by atoms with E-state index < -0.39 is 0 Å². The maximum absolute atomic E-state index is 5.74. The van der Waals surface area contributed by atoms with Gasteiger partial charge < -0.3 is 15.8 Å². The molecule has 0 aliphatic carbocycles. The van der Waals surface area contributed by atoms with Crippen molar-refractivity contribution in [3.05, 3.63) is 42.0 Å². The van der Waals surface area contributed by atoms with Gasteiger partial charge in [0.1, 0.15) is 11.9 Å². The Hall–Kier alpha value is -1.24. The van der Waals surface area contributed by atoms with Gasteiger partial charge in [-0.15, -0.1) is 24.0 Å². The molecule has 0 saturated heterocycles. The summed E-state index contributed by atoms with van der Waals surface area (Å²) in [5.41, 5.74) is 7.96. The Morgan fingerprint density at radius 3 is 2.55 bits per heavy atom. The minimum absolute atomic E-state index is 0. The first-order valence-electron chi connectivity index (χ1n) is 6.39. The molecule has 3 N–H and O–H groups in total. The molecule has 1 rings (SSSR count). The lowest BCUT2D eigenvalue weighted by molar-refractivity contribution is 0.230. The molecule has 20 heavy (non-hydrogen) atoms. The van der Waals surface area contributed by atoms with E-state index in [9.17, 15) is 0 Å². The molecule has 0 heterocycles. The van der Waals surface area contributed by atoms with Gasteiger partial charge >= 0.3 is 0 Å². The van der Waals surface area contributed by atoms with Crippen LogP contribution in [0.4, 0.5) is 0 Å². The zero-order chi connectivity index (χ0) is 14.3. The average molecular weight is 389 g/mol. The highest BCUT2D eigenvalue weighted by Crippen LogP contribution is 2.13. The quantitative estimate of drug-likeness (QED) is 0.341. The van der Waals surface area contributed by atoms with Crippen LogP contribution in [-0.2, 0) is 0 Å². The number of aliphatic imine (C=N–C) groups is 1. The van der Waals surface area contributed by atoms with E-state index in [1.54, 1.807) is 0 Å². The van der Waals surface area contributed by atoms with E-state index in [-0.39, 0.29) is 30.1 Å². The Balaban J connectivity index is 0.00000361. The van der Waals surface area contributed by atoms with E-state index in [0.29, 0.717) is 19.0 Å². The summed E-state index contributed by atoms with van der Waals surface area (Å²) in [5.74, 6) is 1.27. The molecule has 1 atom stereocenters. The van der Waals surface area contributed by atoms with Crippen LogP contribution in [0.2, 0.25) is 0 Å². The number of guanidine groups is 1. The summed E-state index contributed by atoms with van der Waals surface area (Å²) in [5, 5.41) is 2.98. The Morgan fingerprint density at radius 1 is 1.40 bits per heavy atom. The maximum Gasteiger partial charge on any atom is 0.188 e. The summed E-state index contributed by atoms with van der Waals surface area (Å²) in [6.45, 7) is 10.9. The van der Waals surface area contributed by atoms with Crippen molar-refractivity contribution in [1.29, 1.82) is 0 Å². The van der Waals surface area contributed by atoms with E-state index in [1.165, 1.54) is 5.56 Å². The number of nitrogens with one attached hydrogen (secondary N) is 1. The van der Waals surface area contributed by atoms with Crippen molar-refractivity contribution in [2.75, 3.05) is 13.1 Å². The van der Waals surface area contributed by atoms with E-state index in [2.05, 4.69) is 16.9 Å². The lowest BCUT2D eigenvalue weighted by Crippen LogP contribution is -2.33. The molecule has 1 unspecified atom stereocenters. The molecule has 0 saturated carbocycles. The molecule has 0 amide bonds. The maximum atomic E-state index is 5.74. The van der Waals surface area contributed by atoms with Gasteiger partial charge in [0.2, 0.25) is 0 Å². The molecule has 0 radical (unpaired) electrons. The molecule has 0 aromatic heterocycles. The van der Waals surface area contributed by atoms with Crippen molar-refractivity contribution in [1.82, 2.24) is 5.32 Å². The number of benzene rings is 1. The molecule has 1 aromatic rings. The molecular weight excluding hydrogens is 365 g/mol. The number of ether oxygens (including phenoxy) is 1. The van der Waals surface area contributed by atoms with Gasteiger partial charge in [0.15, 0.2) is 5.96 Å². The predicted molar refractivity (Wildman–Crippen MR) is 96.0 cm³/mol. The summed E-state index contributed by atoms with van der Waals surface area (Å²) in [7, 11) is 0. The Labute approximate surface area is 138 Å². The number of aryl methyl sites for hydroxylation is 1. The Kier molecular flexibility index (Phi) is 9.03. The highest BCUT2D eigenvalue weighted by atomic mass is 127. The summed E-state index contributed by atoms with van der Waals surface area (Å²) in [6.07, 6.45) is -0.0205. The van der Waals surface area contributed by atoms with E-state index in [0.717, 1.165) is 11.3 Å². The van der Waals surface area contributed by atoms with Crippen molar-refractivity contribution in [2.45, 2.75) is 26.9 Å². The minimum atomic E-state index is -0.0205. The summed E-state index contributed by atoms with van der Waals surface area (Å²) in [4.78, 5) is 4.23. The lowest BCUT2D eigenvalue weighted by atomic mass is 10.2. The summed E-state index contributed by atoms with van der Waals surface area (Å²) >= 11 is 0. The molecule has 1 aromatic carbocycles. The SMILES string of the molecule is C=C(C)CNC(N)=NCC(C)Oc1ccc(C)cc1.I. The van der Waals surface area contributed by atoms with Gasteiger partial charge in [0.05, 0.1) is 6.54 Å². The van der Waals surface area contributed by atoms with Gasteiger partial charge in [-0.05, 0) is 32.9 Å². The van der Waals surface area contributed by atoms with E-state index >= 15 is 0 Å². The number of nitrogens with zero attached hydrogens (tertiary/aromatic N) is 1. The standard InChI is InChI=1S/C15H23N3O.HI/c1-11(2)9-17-15(16)18-10-13(4)19-14-7-5-12(3)6-8-14;/h5-8,13H,1,9-10H2,2-4H3,(H3,16,17,18);1H. The molecule has 4 nitrogen and oxygen atoms in total. The number of hydrogen-bond acceptors (Lipinski definition) is 2. The fourth-order valence-corrected chi connectivity index (χ4v) is 1.41. The van der Waals surface area contributed by atoms with Crippen LogP contribution < -0.4 is 15.8 Å². The second kappa shape index (κ2) is 9.63. The van der Waals surface area contributed by atoms with Crippen LogP contribution in [0.1, 0.15) is 19.4 Å². The van der Waals surface area contributed by atoms with Crippen LogP contribution in [0.3, 0.4) is 0 Å². The van der Waals surface area contributed by atoms with Crippen LogP contribution in [0, 0.1) is 6.92 Å². The van der Waals surface area contributed by atoms with Gasteiger partial charge in [0.25, 0.3) is 0 Å². The topological polar surface area (TPSA) is 59.6 Å². The van der Waals surface area contributed by atoms with Crippen LogP contribution >= 0.6 is 24.0 Å². The van der Waals surface area contributed by atoms with Gasteiger partial charge in [-0.25, -0.2) is 4.99 Å². The third-order valence-electron chi connectivity index (χ3n) is 2.45. The predicted octanol–water partition coefficient (Wildman–Crippen LogP) is 2.86. The molecular formula is C15H24IN3O. The number of hydrogen-bond donors (Lipinski definition) is 2. The third-order valence-corrected chi connectivity index (χ3v) is 2.45. The van der Waals surface area contributed by atoms with Crippen LogP contribution in [0.15, 0.2) is 41.4 Å². The normalized spacial score (nSPS) is 12.2. The summed E-state index contributed by atoms with van der Waals surface area (Å²) in [6, 6.07) is 7.96. The highest BCUT2D eigenvalue weighted by molar-refractivity contribution is 14.0. The molecule has 112 valence electrons. The Morgan fingerprint density at radius 2 is 2.00 bits per heavy atom. The van der Waals surface area contributed by atoms with Crippen molar-refractivity contribution >= 4 is 29.9 Å². The number of halogens is 1.